The maximum absolute atomic E-state index is 13.6. The van der Waals surface area contributed by atoms with Gasteiger partial charge >= 0.3 is 0 Å². The van der Waals surface area contributed by atoms with E-state index in [1.807, 2.05) is 54.6 Å². The minimum atomic E-state index is -0.454. The van der Waals surface area contributed by atoms with Crippen LogP contribution in [0.1, 0.15) is 65.1 Å². The number of benzene rings is 2. The van der Waals surface area contributed by atoms with Crippen molar-refractivity contribution in [3.63, 3.8) is 0 Å². The van der Waals surface area contributed by atoms with Gasteiger partial charge in [0.25, 0.3) is 5.22 Å². The molecule has 1 fully saturated rings. The van der Waals surface area contributed by atoms with Crippen molar-refractivity contribution in [3.05, 3.63) is 77.8 Å². The van der Waals surface area contributed by atoms with E-state index in [0.29, 0.717) is 22.6 Å². The molecule has 0 saturated heterocycles. The molecule has 0 amide bonds. The lowest BCUT2D eigenvalue weighted by molar-refractivity contribution is 0.0990. The van der Waals surface area contributed by atoms with Gasteiger partial charge in [-0.25, -0.2) is 0 Å². The fourth-order valence-electron chi connectivity index (χ4n) is 4.20. The number of hydrogen-bond acceptors (Lipinski definition) is 5. The molecule has 2 aromatic carbocycles. The van der Waals surface area contributed by atoms with Crippen LogP contribution in [0.4, 0.5) is 0 Å². The lowest BCUT2D eigenvalue weighted by atomic mass is 9.89. The van der Waals surface area contributed by atoms with Crippen molar-refractivity contribution in [2.45, 2.75) is 48.5 Å². The van der Waals surface area contributed by atoms with Crippen molar-refractivity contribution < 1.29 is 9.21 Å². The van der Waals surface area contributed by atoms with Gasteiger partial charge in [0, 0.05) is 28.6 Å². The van der Waals surface area contributed by atoms with Crippen LogP contribution in [-0.2, 0) is 0 Å². The van der Waals surface area contributed by atoms with Crippen molar-refractivity contribution in [2.75, 3.05) is 0 Å². The summed E-state index contributed by atoms with van der Waals surface area (Å²) in [5.41, 5.74) is 2.56. The minimum Gasteiger partial charge on any atom is -0.416 e. The topological polar surface area (TPSA) is 71.8 Å². The Labute approximate surface area is 179 Å². The van der Waals surface area contributed by atoms with Gasteiger partial charge in [-0.2, -0.15) is 0 Å². The average molecular weight is 418 g/mol. The summed E-state index contributed by atoms with van der Waals surface area (Å²) >= 11 is 1.34. The predicted molar refractivity (Wildman–Crippen MR) is 118 cm³/mol. The Balaban J connectivity index is 1.46. The average Bonchev–Trinajstić information content (AvgIpc) is 3.45. The normalized spacial score (nSPS) is 16.0. The number of rotatable bonds is 6. The Morgan fingerprint density at radius 3 is 2.60 bits per heavy atom. The first-order valence-corrected chi connectivity index (χ1v) is 11.3. The molecule has 152 valence electrons. The Bertz CT molecular complexity index is 1150. The van der Waals surface area contributed by atoms with Crippen LogP contribution in [0.2, 0.25) is 0 Å². The van der Waals surface area contributed by atoms with E-state index in [4.69, 9.17) is 4.42 Å². The maximum Gasteiger partial charge on any atom is 0.277 e. The highest BCUT2D eigenvalue weighted by Crippen LogP contribution is 2.40. The van der Waals surface area contributed by atoms with Gasteiger partial charge in [-0.05, 0) is 36.2 Å². The number of carbonyl (C=O) groups is 1. The molecule has 1 aliphatic carbocycles. The van der Waals surface area contributed by atoms with Crippen LogP contribution in [-0.4, -0.2) is 21.0 Å². The van der Waals surface area contributed by atoms with E-state index in [1.54, 1.807) is 6.20 Å². The van der Waals surface area contributed by atoms with Crippen molar-refractivity contribution in [2.24, 2.45) is 0 Å². The number of fused-ring (bicyclic) bond motifs is 1. The molecule has 0 radical (unpaired) electrons. The van der Waals surface area contributed by atoms with E-state index in [9.17, 15) is 4.79 Å². The molecule has 6 heteroatoms. The van der Waals surface area contributed by atoms with E-state index in [1.165, 1.54) is 31.0 Å². The van der Waals surface area contributed by atoms with Gasteiger partial charge in [-0.15, -0.1) is 10.2 Å². The Kier molecular flexibility index (Phi) is 5.41. The van der Waals surface area contributed by atoms with Crippen LogP contribution in [0, 0.1) is 0 Å². The summed E-state index contributed by atoms with van der Waals surface area (Å²) in [6.45, 7) is 0. The molecule has 5 rings (SSSR count). The molecule has 0 aliphatic heterocycles. The molecular weight excluding hydrogens is 394 g/mol. The third kappa shape index (κ3) is 3.79. The zero-order valence-electron chi connectivity index (χ0n) is 16.6. The molecule has 1 aliphatic rings. The van der Waals surface area contributed by atoms with Crippen molar-refractivity contribution in [1.82, 2.24) is 15.2 Å². The van der Waals surface area contributed by atoms with Crippen molar-refractivity contribution in [3.8, 4) is 0 Å². The largest absolute Gasteiger partial charge is 0.416 e. The van der Waals surface area contributed by atoms with E-state index in [2.05, 4.69) is 15.2 Å². The van der Waals surface area contributed by atoms with Gasteiger partial charge < -0.3 is 9.40 Å². The zero-order valence-corrected chi connectivity index (χ0v) is 17.4. The van der Waals surface area contributed by atoms with Crippen LogP contribution >= 0.6 is 11.8 Å². The number of hydrogen-bond donors (Lipinski definition) is 1. The number of Topliss-reactive ketones (excluding diaryl/α,β-unsaturated/α-hetero) is 1. The highest BCUT2D eigenvalue weighted by atomic mass is 32.2. The molecule has 1 atom stereocenters. The van der Waals surface area contributed by atoms with Gasteiger partial charge in [-0.1, -0.05) is 67.8 Å². The van der Waals surface area contributed by atoms with E-state index < -0.39 is 5.25 Å². The third-order valence-electron chi connectivity index (χ3n) is 5.79. The Morgan fingerprint density at radius 2 is 1.77 bits per heavy atom. The van der Waals surface area contributed by atoms with Gasteiger partial charge in [0.05, 0.1) is 0 Å². The molecule has 2 heterocycles. The summed E-state index contributed by atoms with van der Waals surface area (Å²) in [6, 6.07) is 17.7. The standard InChI is InChI=1S/C24H23N3O2S/c28-21(19-15-25-20-14-8-7-13-18(19)20)22(16-9-3-1-4-10-16)30-24-27-26-23(29-24)17-11-5-2-6-12-17/h1,3-4,7-10,13-15,17,22,25H,2,5-6,11-12H2/t22-/m0/s1. The van der Waals surface area contributed by atoms with E-state index >= 15 is 0 Å². The molecule has 0 spiro atoms. The first-order chi connectivity index (χ1) is 14.8. The second-order valence-corrected chi connectivity index (χ2v) is 8.82. The number of thioether (sulfide) groups is 1. The summed E-state index contributed by atoms with van der Waals surface area (Å²) in [5, 5.41) is 9.50. The Hall–Kier alpha value is -2.86. The maximum atomic E-state index is 13.6. The highest BCUT2D eigenvalue weighted by molar-refractivity contribution is 8.00. The number of nitrogens with zero attached hydrogens (tertiary/aromatic N) is 2. The van der Waals surface area contributed by atoms with E-state index in [0.717, 1.165) is 29.3 Å². The van der Waals surface area contributed by atoms with Crippen LogP contribution < -0.4 is 0 Å². The smallest absolute Gasteiger partial charge is 0.277 e. The number of ketones is 1. The monoisotopic (exact) mass is 417 g/mol. The Morgan fingerprint density at radius 1 is 1.00 bits per heavy atom. The van der Waals surface area contributed by atoms with Crippen LogP contribution in [0.15, 0.2) is 70.4 Å². The molecular formula is C24H23N3O2S. The number of para-hydroxylation sites is 1. The van der Waals surface area contributed by atoms with Crippen LogP contribution in [0.5, 0.6) is 0 Å². The SMILES string of the molecule is O=C(c1c[nH]c2ccccc12)[C@@H](Sc1nnc(C2CCCCC2)o1)c1ccccc1. The summed E-state index contributed by atoms with van der Waals surface area (Å²) < 4.78 is 6.01. The molecule has 0 bridgehead atoms. The molecule has 1 N–H and O–H groups in total. The molecule has 1 saturated carbocycles. The number of carbonyl (C=O) groups excluding carboxylic acids is 1. The highest BCUT2D eigenvalue weighted by Gasteiger charge is 2.29. The predicted octanol–water partition coefficient (Wildman–Crippen LogP) is 6.31. The molecule has 30 heavy (non-hydrogen) atoms. The second kappa shape index (κ2) is 8.48. The number of nitrogens with one attached hydrogen (secondary N) is 1. The summed E-state index contributed by atoms with van der Waals surface area (Å²) in [6.07, 6.45) is 7.69. The lowest BCUT2D eigenvalue weighted by Crippen LogP contribution is -2.09. The van der Waals surface area contributed by atoms with Crippen molar-refractivity contribution >= 4 is 28.4 Å². The quantitative estimate of drug-likeness (QED) is 0.294. The van der Waals surface area contributed by atoms with Gasteiger partial charge in [0.2, 0.25) is 5.89 Å². The lowest BCUT2D eigenvalue weighted by Gasteiger charge is -2.17. The van der Waals surface area contributed by atoms with Crippen LogP contribution in [0.25, 0.3) is 10.9 Å². The molecule has 0 unspecified atom stereocenters. The number of H-pyrrole nitrogens is 1. The zero-order chi connectivity index (χ0) is 20.3. The summed E-state index contributed by atoms with van der Waals surface area (Å²) in [4.78, 5) is 16.8. The summed E-state index contributed by atoms with van der Waals surface area (Å²) in [7, 11) is 0. The van der Waals surface area contributed by atoms with Crippen molar-refractivity contribution in [1.29, 1.82) is 0 Å². The minimum absolute atomic E-state index is 0.0288. The molecule has 5 nitrogen and oxygen atoms in total. The first kappa shape index (κ1) is 19.1. The van der Waals surface area contributed by atoms with Gasteiger partial charge in [0.15, 0.2) is 5.78 Å². The second-order valence-electron chi connectivity index (χ2n) is 7.76. The fourth-order valence-corrected chi connectivity index (χ4v) is 5.15. The molecule has 2 aromatic heterocycles. The fraction of sp³-hybridized carbons (Fsp3) is 0.292. The van der Waals surface area contributed by atoms with Gasteiger partial charge in [-0.3, -0.25) is 4.79 Å². The summed E-state index contributed by atoms with van der Waals surface area (Å²) in [5.74, 6) is 1.09. The van der Waals surface area contributed by atoms with E-state index in [-0.39, 0.29) is 5.78 Å². The molecule has 4 aromatic rings. The third-order valence-corrected chi connectivity index (χ3v) is 6.88. The van der Waals surface area contributed by atoms with Crippen LogP contribution in [0.3, 0.4) is 0 Å². The number of aromatic amines is 1. The first-order valence-electron chi connectivity index (χ1n) is 10.4. The number of aromatic nitrogens is 3. The van der Waals surface area contributed by atoms with Gasteiger partial charge in [0.1, 0.15) is 5.25 Å².